The zero-order valence-corrected chi connectivity index (χ0v) is 19.6. The molecule has 0 saturated heterocycles. The number of carbonyl (C=O) groups is 2. The molecule has 3 rings (SSSR count). The molecular weight excluding hydrogens is 435 g/mol. The second-order valence-corrected chi connectivity index (χ2v) is 7.62. The van der Waals surface area contributed by atoms with Gasteiger partial charge in [0.05, 0.1) is 18.8 Å². The molecule has 6 nitrogen and oxygen atoms in total. The van der Waals surface area contributed by atoms with Crippen LogP contribution in [0.5, 0.6) is 11.5 Å². The molecule has 0 saturated carbocycles. The van der Waals surface area contributed by atoms with Gasteiger partial charge >= 0.3 is 0 Å². The highest BCUT2D eigenvalue weighted by molar-refractivity contribution is 6.05. The van der Waals surface area contributed by atoms with E-state index >= 15 is 0 Å². The lowest BCUT2D eigenvalue weighted by Gasteiger charge is -2.13. The van der Waals surface area contributed by atoms with E-state index in [0.717, 1.165) is 11.1 Å². The summed E-state index contributed by atoms with van der Waals surface area (Å²) in [4.78, 5) is 25.2. The van der Waals surface area contributed by atoms with E-state index in [-0.39, 0.29) is 11.5 Å². The fourth-order valence-corrected chi connectivity index (χ4v) is 3.41. The average molecular weight is 465 g/mol. The molecule has 0 spiro atoms. The Balaban J connectivity index is 1.63. The van der Waals surface area contributed by atoms with Crippen molar-refractivity contribution in [2.45, 2.75) is 27.2 Å². The van der Waals surface area contributed by atoms with Crippen LogP contribution in [-0.4, -0.2) is 31.6 Å². The van der Waals surface area contributed by atoms with Gasteiger partial charge in [-0.15, -0.1) is 0 Å². The minimum atomic E-state index is -0.603. The number of benzene rings is 3. The first-order valence-corrected chi connectivity index (χ1v) is 11.3. The summed E-state index contributed by atoms with van der Waals surface area (Å²) in [5.41, 5.74) is 2.57. The van der Waals surface area contributed by atoms with Crippen molar-refractivity contribution in [1.29, 1.82) is 0 Å². The minimum Gasteiger partial charge on any atom is -0.490 e. The molecular formula is C27H29FN2O4. The van der Waals surface area contributed by atoms with E-state index in [9.17, 15) is 14.0 Å². The molecule has 0 aromatic heterocycles. The standard InChI is InChI=1S/C27H29FN2O4/c1-4-33-24-13-11-19(16-25(24)34-5-2)14-15-29-26(31)20-12-10-18(3)23(17-20)30-27(32)21-8-6-7-9-22(21)28/h6-13,16-17H,4-5,14-15H2,1-3H3,(H,29,31)(H,30,32). The van der Waals surface area contributed by atoms with Crippen molar-refractivity contribution in [3.63, 3.8) is 0 Å². The third-order valence-electron chi connectivity index (χ3n) is 5.17. The first-order valence-electron chi connectivity index (χ1n) is 11.3. The van der Waals surface area contributed by atoms with Crippen LogP contribution in [0.3, 0.4) is 0 Å². The van der Waals surface area contributed by atoms with E-state index < -0.39 is 11.7 Å². The van der Waals surface area contributed by atoms with Gasteiger partial charge in [0.1, 0.15) is 5.82 Å². The molecule has 3 aromatic rings. The molecule has 7 heteroatoms. The van der Waals surface area contributed by atoms with Crippen LogP contribution in [0.25, 0.3) is 0 Å². The lowest BCUT2D eigenvalue weighted by Crippen LogP contribution is -2.26. The summed E-state index contributed by atoms with van der Waals surface area (Å²) in [6, 6.07) is 16.5. The van der Waals surface area contributed by atoms with Crippen molar-refractivity contribution in [1.82, 2.24) is 5.32 Å². The highest BCUT2D eigenvalue weighted by atomic mass is 19.1. The molecule has 3 aromatic carbocycles. The summed E-state index contributed by atoms with van der Waals surface area (Å²) in [5, 5.41) is 5.59. The monoisotopic (exact) mass is 464 g/mol. The maximum absolute atomic E-state index is 13.9. The predicted molar refractivity (Wildman–Crippen MR) is 130 cm³/mol. The Labute approximate surface area is 199 Å². The molecule has 0 atom stereocenters. The molecule has 0 fully saturated rings. The first kappa shape index (κ1) is 24.8. The third kappa shape index (κ3) is 6.34. The molecule has 0 aliphatic rings. The highest BCUT2D eigenvalue weighted by Gasteiger charge is 2.14. The number of halogens is 1. The van der Waals surface area contributed by atoms with Crippen molar-refractivity contribution >= 4 is 17.5 Å². The second-order valence-electron chi connectivity index (χ2n) is 7.62. The van der Waals surface area contributed by atoms with Crippen molar-refractivity contribution in [3.05, 3.63) is 88.7 Å². The molecule has 34 heavy (non-hydrogen) atoms. The van der Waals surface area contributed by atoms with E-state index in [2.05, 4.69) is 10.6 Å². The van der Waals surface area contributed by atoms with Crippen LogP contribution in [-0.2, 0) is 6.42 Å². The second kappa shape index (κ2) is 11.8. The van der Waals surface area contributed by atoms with Gasteiger partial charge in [-0.2, -0.15) is 0 Å². The van der Waals surface area contributed by atoms with E-state index in [1.807, 2.05) is 32.0 Å². The van der Waals surface area contributed by atoms with Gasteiger partial charge in [-0.05, 0) is 74.7 Å². The van der Waals surface area contributed by atoms with Gasteiger partial charge in [-0.1, -0.05) is 24.3 Å². The van der Waals surface area contributed by atoms with E-state index in [4.69, 9.17) is 9.47 Å². The third-order valence-corrected chi connectivity index (χ3v) is 5.17. The van der Waals surface area contributed by atoms with Gasteiger partial charge < -0.3 is 20.1 Å². The zero-order valence-electron chi connectivity index (χ0n) is 19.6. The van der Waals surface area contributed by atoms with Crippen LogP contribution in [0.15, 0.2) is 60.7 Å². The van der Waals surface area contributed by atoms with Gasteiger partial charge in [0.25, 0.3) is 11.8 Å². The van der Waals surface area contributed by atoms with E-state index in [1.54, 1.807) is 31.2 Å². The SMILES string of the molecule is CCOc1ccc(CCNC(=O)c2ccc(C)c(NC(=O)c3ccccc3F)c2)cc1OCC. The van der Waals surface area contributed by atoms with Crippen molar-refractivity contribution in [2.75, 3.05) is 25.1 Å². The van der Waals surface area contributed by atoms with Gasteiger partial charge in [0.2, 0.25) is 0 Å². The number of amides is 2. The van der Waals surface area contributed by atoms with Gasteiger partial charge in [0, 0.05) is 17.8 Å². The van der Waals surface area contributed by atoms with Crippen LogP contribution < -0.4 is 20.1 Å². The summed E-state index contributed by atoms with van der Waals surface area (Å²) in [5.74, 6) is -0.0613. The van der Waals surface area contributed by atoms with E-state index in [1.165, 1.54) is 18.2 Å². The summed E-state index contributed by atoms with van der Waals surface area (Å²) in [7, 11) is 0. The Morgan fingerprint density at radius 3 is 2.35 bits per heavy atom. The van der Waals surface area contributed by atoms with Crippen molar-refractivity contribution < 1.29 is 23.5 Å². The molecule has 2 amide bonds. The molecule has 0 heterocycles. The molecule has 0 aliphatic heterocycles. The molecule has 2 N–H and O–H groups in total. The fraction of sp³-hybridized carbons (Fsp3) is 0.259. The van der Waals surface area contributed by atoms with Crippen LogP contribution in [0.2, 0.25) is 0 Å². The highest BCUT2D eigenvalue weighted by Crippen LogP contribution is 2.28. The van der Waals surface area contributed by atoms with Crippen LogP contribution in [0.1, 0.15) is 45.7 Å². The maximum Gasteiger partial charge on any atom is 0.258 e. The Hall–Kier alpha value is -3.87. The first-order chi connectivity index (χ1) is 16.4. The number of rotatable bonds is 10. The van der Waals surface area contributed by atoms with Gasteiger partial charge in [-0.25, -0.2) is 4.39 Å². The smallest absolute Gasteiger partial charge is 0.258 e. The number of aryl methyl sites for hydroxylation is 1. The minimum absolute atomic E-state index is 0.0569. The number of hydrogen-bond donors (Lipinski definition) is 2. The van der Waals surface area contributed by atoms with Crippen molar-refractivity contribution in [3.8, 4) is 11.5 Å². The average Bonchev–Trinajstić information content (AvgIpc) is 2.82. The normalized spacial score (nSPS) is 10.5. The maximum atomic E-state index is 13.9. The molecule has 0 unspecified atom stereocenters. The summed E-state index contributed by atoms with van der Waals surface area (Å²) < 4.78 is 25.2. The summed E-state index contributed by atoms with van der Waals surface area (Å²) >= 11 is 0. The molecule has 0 bridgehead atoms. The van der Waals surface area contributed by atoms with Gasteiger partial charge in [0.15, 0.2) is 11.5 Å². The van der Waals surface area contributed by atoms with Crippen LogP contribution >= 0.6 is 0 Å². The zero-order chi connectivity index (χ0) is 24.5. The number of hydrogen-bond acceptors (Lipinski definition) is 4. The Morgan fingerprint density at radius 2 is 1.62 bits per heavy atom. The van der Waals surface area contributed by atoms with Crippen molar-refractivity contribution in [2.24, 2.45) is 0 Å². The fourth-order valence-electron chi connectivity index (χ4n) is 3.41. The number of anilines is 1. The van der Waals surface area contributed by atoms with Gasteiger partial charge in [-0.3, -0.25) is 9.59 Å². The van der Waals surface area contributed by atoms with Crippen LogP contribution in [0.4, 0.5) is 10.1 Å². The Morgan fingerprint density at radius 1 is 0.882 bits per heavy atom. The number of carbonyl (C=O) groups excluding carboxylic acids is 2. The summed E-state index contributed by atoms with van der Waals surface area (Å²) in [6.07, 6.45) is 0.612. The van der Waals surface area contributed by atoms with E-state index in [0.29, 0.717) is 48.9 Å². The Bertz CT molecular complexity index is 1160. The quantitative estimate of drug-likeness (QED) is 0.435. The van der Waals surface area contributed by atoms with Crippen LogP contribution in [0, 0.1) is 12.7 Å². The molecule has 0 aliphatic carbocycles. The predicted octanol–water partition coefficient (Wildman–Crippen LogP) is 5.16. The number of nitrogens with one attached hydrogen (secondary N) is 2. The lowest BCUT2D eigenvalue weighted by molar-refractivity contribution is 0.0952. The topological polar surface area (TPSA) is 76.7 Å². The lowest BCUT2D eigenvalue weighted by atomic mass is 10.1. The summed E-state index contributed by atoms with van der Waals surface area (Å²) in [6.45, 7) is 7.14. The molecule has 178 valence electrons. The largest absolute Gasteiger partial charge is 0.490 e. The molecule has 0 radical (unpaired) electrons. The number of ether oxygens (including phenoxy) is 2. The Kier molecular flexibility index (Phi) is 8.62.